The summed E-state index contributed by atoms with van der Waals surface area (Å²) in [5.74, 6) is -0.188. The van der Waals surface area contributed by atoms with Crippen molar-refractivity contribution in [1.29, 1.82) is 0 Å². The molecule has 0 aliphatic rings. The van der Waals surface area contributed by atoms with Gasteiger partial charge in [-0.2, -0.15) is 0 Å². The number of hydrogen-bond acceptors (Lipinski definition) is 1. The Morgan fingerprint density at radius 1 is 1.42 bits per heavy atom. The van der Waals surface area contributed by atoms with E-state index in [1.165, 1.54) is 17.8 Å². The van der Waals surface area contributed by atoms with Crippen LogP contribution in [-0.4, -0.2) is 6.26 Å². The quantitative estimate of drug-likeness (QED) is 0.693. The van der Waals surface area contributed by atoms with Gasteiger partial charge in [0.2, 0.25) is 0 Å². The van der Waals surface area contributed by atoms with E-state index in [1.807, 2.05) is 13.2 Å². The van der Waals surface area contributed by atoms with E-state index >= 15 is 0 Å². The van der Waals surface area contributed by atoms with Crippen molar-refractivity contribution in [3.8, 4) is 0 Å². The highest BCUT2D eigenvalue weighted by Gasteiger charge is 2.11. The maximum Gasteiger partial charge on any atom is 0.139 e. The Labute approximate surface area is 92.2 Å². The SMILES string of the molecule is CSc1c(F)cc(Br)c(C)c1Br. The maximum absolute atomic E-state index is 13.2. The number of rotatable bonds is 1. The summed E-state index contributed by atoms with van der Waals surface area (Å²) in [6.07, 6.45) is 1.86. The first kappa shape index (κ1) is 10.5. The lowest BCUT2D eigenvalue weighted by Crippen LogP contribution is -1.87. The van der Waals surface area contributed by atoms with Crippen molar-refractivity contribution < 1.29 is 4.39 Å². The smallest absolute Gasteiger partial charge is 0.139 e. The molecule has 1 aromatic carbocycles. The molecule has 0 radical (unpaired) electrons. The monoisotopic (exact) mass is 312 g/mol. The zero-order chi connectivity index (χ0) is 9.30. The minimum absolute atomic E-state index is 0.188. The highest BCUT2D eigenvalue weighted by atomic mass is 79.9. The number of halogens is 3. The van der Waals surface area contributed by atoms with Gasteiger partial charge in [0, 0.05) is 8.95 Å². The van der Waals surface area contributed by atoms with Crippen LogP contribution in [0.25, 0.3) is 0 Å². The zero-order valence-corrected chi connectivity index (χ0v) is 10.6. The van der Waals surface area contributed by atoms with Crippen LogP contribution in [0.15, 0.2) is 19.9 Å². The van der Waals surface area contributed by atoms with Gasteiger partial charge in [-0.05, 0) is 40.7 Å². The second-order valence-electron chi connectivity index (χ2n) is 2.31. The summed E-state index contributed by atoms with van der Waals surface area (Å²) in [7, 11) is 0. The van der Waals surface area contributed by atoms with Crippen molar-refractivity contribution in [3.63, 3.8) is 0 Å². The molecule has 0 aliphatic carbocycles. The van der Waals surface area contributed by atoms with Gasteiger partial charge in [0.1, 0.15) is 5.82 Å². The molecule has 0 unspecified atom stereocenters. The molecule has 0 bridgehead atoms. The first-order valence-electron chi connectivity index (χ1n) is 3.26. The van der Waals surface area contributed by atoms with Crippen LogP contribution in [0, 0.1) is 12.7 Å². The third-order valence-electron chi connectivity index (χ3n) is 1.56. The van der Waals surface area contributed by atoms with Gasteiger partial charge >= 0.3 is 0 Å². The predicted octanol–water partition coefficient (Wildman–Crippen LogP) is 4.38. The normalized spacial score (nSPS) is 10.4. The van der Waals surface area contributed by atoms with Gasteiger partial charge in [0.05, 0.1) is 4.90 Å². The molecular formula is C8H7Br2FS. The summed E-state index contributed by atoms with van der Waals surface area (Å²) >= 11 is 8.03. The molecule has 1 aromatic rings. The molecule has 0 N–H and O–H groups in total. The molecular weight excluding hydrogens is 307 g/mol. The Kier molecular flexibility index (Phi) is 3.61. The molecule has 0 nitrogen and oxygen atoms in total. The van der Waals surface area contributed by atoms with Gasteiger partial charge in [-0.3, -0.25) is 0 Å². The largest absolute Gasteiger partial charge is 0.206 e. The molecule has 12 heavy (non-hydrogen) atoms. The van der Waals surface area contributed by atoms with Crippen molar-refractivity contribution in [2.45, 2.75) is 11.8 Å². The van der Waals surface area contributed by atoms with Crippen LogP contribution in [0.5, 0.6) is 0 Å². The first-order valence-corrected chi connectivity index (χ1v) is 6.07. The predicted molar refractivity (Wildman–Crippen MR) is 58.3 cm³/mol. The van der Waals surface area contributed by atoms with Crippen molar-refractivity contribution in [2.75, 3.05) is 6.26 Å². The molecule has 0 saturated carbocycles. The molecule has 0 amide bonds. The molecule has 0 aromatic heterocycles. The van der Waals surface area contributed by atoms with Gasteiger partial charge in [0.25, 0.3) is 0 Å². The highest BCUT2D eigenvalue weighted by Crippen LogP contribution is 2.35. The zero-order valence-electron chi connectivity index (χ0n) is 6.62. The third-order valence-corrected chi connectivity index (χ3v) is 4.45. The van der Waals surface area contributed by atoms with Gasteiger partial charge in [-0.15, -0.1) is 11.8 Å². The van der Waals surface area contributed by atoms with Crippen LogP contribution in [-0.2, 0) is 0 Å². The number of hydrogen-bond donors (Lipinski definition) is 0. The molecule has 1 rings (SSSR count). The summed E-state index contributed by atoms with van der Waals surface area (Å²) < 4.78 is 14.8. The number of thioether (sulfide) groups is 1. The Balaban J connectivity index is 3.40. The summed E-state index contributed by atoms with van der Waals surface area (Å²) in [6.45, 7) is 1.94. The van der Waals surface area contributed by atoms with E-state index in [1.54, 1.807) is 0 Å². The van der Waals surface area contributed by atoms with Crippen LogP contribution in [0.2, 0.25) is 0 Å². The fraction of sp³-hybridized carbons (Fsp3) is 0.250. The van der Waals surface area contributed by atoms with Gasteiger partial charge < -0.3 is 0 Å². The topological polar surface area (TPSA) is 0 Å². The summed E-state index contributed by atoms with van der Waals surface area (Å²) in [5, 5.41) is 0. The molecule has 66 valence electrons. The van der Waals surface area contributed by atoms with Gasteiger partial charge in [-0.1, -0.05) is 15.9 Å². The van der Waals surface area contributed by atoms with E-state index in [-0.39, 0.29) is 5.82 Å². The van der Waals surface area contributed by atoms with Gasteiger partial charge in [-0.25, -0.2) is 4.39 Å². The van der Waals surface area contributed by atoms with Crippen LogP contribution in [0.3, 0.4) is 0 Å². The second kappa shape index (κ2) is 4.11. The summed E-state index contributed by atoms with van der Waals surface area (Å²) in [6, 6.07) is 1.49. The van der Waals surface area contributed by atoms with Crippen molar-refractivity contribution in [1.82, 2.24) is 0 Å². The average Bonchev–Trinajstić information content (AvgIpc) is 2.01. The molecule has 0 atom stereocenters. The summed E-state index contributed by atoms with van der Waals surface area (Å²) in [5.41, 5.74) is 1.03. The number of benzene rings is 1. The van der Waals surface area contributed by atoms with Crippen molar-refractivity contribution >= 4 is 43.6 Å². The third kappa shape index (κ3) is 1.86. The lowest BCUT2D eigenvalue weighted by molar-refractivity contribution is 0.598. The molecule has 0 aliphatic heterocycles. The minimum Gasteiger partial charge on any atom is -0.206 e. The van der Waals surface area contributed by atoms with Crippen LogP contribution in [0.1, 0.15) is 5.56 Å². The lowest BCUT2D eigenvalue weighted by atomic mass is 10.2. The Morgan fingerprint density at radius 2 is 2.00 bits per heavy atom. The molecule has 4 heteroatoms. The van der Waals surface area contributed by atoms with Crippen molar-refractivity contribution in [2.24, 2.45) is 0 Å². The van der Waals surface area contributed by atoms with E-state index < -0.39 is 0 Å². The standard InChI is InChI=1S/C8H7Br2FS/c1-4-5(9)3-6(11)8(12-2)7(4)10/h3H,1-2H3. The fourth-order valence-corrected chi connectivity index (χ4v) is 2.99. The summed E-state index contributed by atoms with van der Waals surface area (Å²) in [4.78, 5) is 0.663. The first-order chi connectivity index (χ1) is 5.57. The van der Waals surface area contributed by atoms with E-state index in [0.717, 1.165) is 14.5 Å². The molecule has 0 fully saturated rings. The Hall–Kier alpha value is 0.460. The van der Waals surface area contributed by atoms with E-state index in [2.05, 4.69) is 31.9 Å². The van der Waals surface area contributed by atoms with Gasteiger partial charge in [0.15, 0.2) is 0 Å². The van der Waals surface area contributed by atoms with Crippen molar-refractivity contribution in [3.05, 3.63) is 26.4 Å². The van der Waals surface area contributed by atoms with Crippen LogP contribution in [0.4, 0.5) is 4.39 Å². The maximum atomic E-state index is 13.2. The molecule has 0 spiro atoms. The second-order valence-corrected chi connectivity index (χ2v) is 4.78. The average molecular weight is 314 g/mol. The molecule has 0 saturated heterocycles. The molecule has 0 heterocycles. The van der Waals surface area contributed by atoms with E-state index in [4.69, 9.17) is 0 Å². The minimum atomic E-state index is -0.188. The van der Waals surface area contributed by atoms with E-state index in [0.29, 0.717) is 4.90 Å². The van der Waals surface area contributed by atoms with Crippen LogP contribution >= 0.6 is 43.6 Å². The lowest BCUT2D eigenvalue weighted by Gasteiger charge is -2.07. The highest BCUT2D eigenvalue weighted by molar-refractivity contribution is 9.11. The Bertz CT molecular complexity index is 312. The Morgan fingerprint density at radius 3 is 2.50 bits per heavy atom. The van der Waals surface area contributed by atoms with Crippen LogP contribution < -0.4 is 0 Å². The van der Waals surface area contributed by atoms with E-state index in [9.17, 15) is 4.39 Å². The fourth-order valence-electron chi connectivity index (χ4n) is 0.852.